The predicted molar refractivity (Wildman–Crippen MR) is 84.4 cm³/mol. The highest BCUT2D eigenvalue weighted by Crippen LogP contribution is 2.38. The Bertz CT molecular complexity index is 459. The summed E-state index contributed by atoms with van der Waals surface area (Å²) in [6.07, 6.45) is 4.05. The number of benzene rings is 1. The number of hydrogen-bond donors (Lipinski definition) is 1. The summed E-state index contributed by atoms with van der Waals surface area (Å²) in [5, 5.41) is 9.55. The van der Waals surface area contributed by atoms with E-state index in [4.69, 9.17) is 0 Å². The third kappa shape index (κ3) is 3.78. The topological polar surface area (TPSA) is 37.3 Å². The molecule has 20 heavy (non-hydrogen) atoms. The van der Waals surface area contributed by atoms with Gasteiger partial charge in [0, 0.05) is 10.1 Å². The average molecular weight is 292 g/mol. The van der Waals surface area contributed by atoms with Crippen molar-refractivity contribution in [2.24, 2.45) is 5.92 Å². The van der Waals surface area contributed by atoms with E-state index in [1.54, 1.807) is 11.8 Å². The first kappa shape index (κ1) is 15.4. The first-order valence-corrected chi connectivity index (χ1v) is 8.26. The molecule has 1 fully saturated rings. The molecule has 0 heterocycles. The molecular weight excluding hydrogens is 268 g/mol. The van der Waals surface area contributed by atoms with E-state index in [1.807, 2.05) is 0 Å². The SMILES string of the molecule is CC(C)(C)c1ccc(SC2CCCCC2C(=O)O)cc1. The normalized spacial score (nSPS) is 23.6. The van der Waals surface area contributed by atoms with Gasteiger partial charge in [-0.15, -0.1) is 11.8 Å². The molecule has 2 unspecified atom stereocenters. The van der Waals surface area contributed by atoms with Crippen LogP contribution in [-0.4, -0.2) is 16.3 Å². The summed E-state index contributed by atoms with van der Waals surface area (Å²) in [7, 11) is 0. The van der Waals surface area contributed by atoms with Crippen molar-refractivity contribution in [3.05, 3.63) is 29.8 Å². The second kappa shape index (κ2) is 6.21. The maximum absolute atomic E-state index is 11.3. The molecule has 0 aromatic heterocycles. The average Bonchev–Trinajstić information content (AvgIpc) is 2.38. The molecule has 1 aliphatic rings. The summed E-state index contributed by atoms with van der Waals surface area (Å²) in [5.41, 5.74) is 1.48. The third-order valence-corrected chi connectivity index (χ3v) is 5.44. The molecule has 2 nitrogen and oxygen atoms in total. The van der Waals surface area contributed by atoms with Crippen molar-refractivity contribution in [2.75, 3.05) is 0 Å². The van der Waals surface area contributed by atoms with E-state index in [0.29, 0.717) is 0 Å². The van der Waals surface area contributed by atoms with Crippen LogP contribution in [0.3, 0.4) is 0 Å². The molecule has 0 amide bonds. The summed E-state index contributed by atoms with van der Waals surface area (Å²) >= 11 is 1.74. The van der Waals surface area contributed by atoms with E-state index in [0.717, 1.165) is 25.7 Å². The van der Waals surface area contributed by atoms with Crippen molar-refractivity contribution >= 4 is 17.7 Å². The highest BCUT2D eigenvalue weighted by Gasteiger charge is 2.31. The monoisotopic (exact) mass is 292 g/mol. The molecule has 0 bridgehead atoms. The Hall–Kier alpha value is -0.960. The van der Waals surface area contributed by atoms with Gasteiger partial charge >= 0.3 is 5.97 Å². The molecular formula is C17H24O2S. The fourth-order valence-corrected chi connectivity index (χ4v) is 4.07. The Morgan fingerprint density at radius 1 is 1.15 bits per heavy atom. The lowest BCUT2D eigenvalue weighted by Crippen LogP contribution is -2.28. The van der Waals surface area contributed by atoms with Gasteiger partial charge in [-0.25, -0.2) is 0 Å². The Morgan fingerprint density at radius 2 is 1.75 bits per heavy atom. The smallest absolute Gasteiger partial charge is 0.307 e. The summed E-state index contributed by atoms with van der Waals surface area (Å²) in [6, 6.07) is 8.61. The number of carboxylic acids is 1. The highest BCUT2D eigenvalue weighted by atomic mass is 32.2. The summed E-state index contributed by atoms with van der Waals surface area (Å²) in [5.74, 6) is -0.815. The van der Waals surface area contributed by atoms with Gasteiger partial charge in [0.15, 0.2) is 0 Å². The van der Waals surface area contributed by atoms with Crippen molar-refractivity contribution in [3.63, 3.8) is 0 Å². The minimum Gasteiger partial charge on any atom is -0.481 e. The summed E-state index contributed by atoms with van der Waals surface area (Å²) < 4.78 is 0. The molecule has 0 radical (unpaired) electrons. The molecule has 2 atom stereocenters. The van der Waals surface area contributed by atoms with Crippen LogP contribution in [0.2, 0.25) is 0 Å². The van der Waals surface area contributed by atoms with Gasteiger partial charge < -0.3 is 5.11 Å². The van der Waals surface area contributed by atoms with Gasteiger partial charge in [0.05, 0.1) is 5.92 Å². The van der Waals surface area contributed by atoms with Gasteiger partial charge in [-0.2, -0.15) is 0 Å². The van der Waals surface area contributed by atoms with E-state index >= 15 is 0 Å². The fourth-order valence-electron chi connectivity index (χ4n) is 2.73. The lowest BCUT2D eigenvalue weighted by atomic mass is 9.87. The van der Waals surface area contributed by atoms with Gasteiger partial charge in [-0.3, -0.25) is 4.79 Å². The van der Waals surface area contributed by atoms with Gasteiger partial charge in [0.2, 0.25) is 0 Å². The number of carboxylic acid groups (broad SMARTS) is 1. The van der Waals surface area contributed by atoms with Crippen LogP contribution in [0.25, 0.3) is 0 Å². The summed E-state index contributed by atoms with van der Waals surface area (Å²) in [4.78, 5) is 12.5. The number of hydrogen-bond acceptors (Lipinski definition) is 2. The molecule has 110 valence electrons. The largest absolute Gasteiger partial charge is 0.481 e. The van der Waals surface area contributed by atoms with E-state index in [1.165, 1.54) is 10.5 Å². The second-order valence-corrected chi connectivity index (χ2v) is 7.97. The number of aliphatic carboxylic acids is 1. The Balaban J connectivity index is 2.07. The second-order valence-electron chi connectivity index (χ2n) is 6.66. The van der Waals surface area contributed by atoms with E-state index in [9.17, 15) is 9.90 Å². The minimum atomic E-state index is -0.631. The number of thioether (sulfide) groups is 1. The van der Waals surface area contributed by atoms with Crippen LogP contribution < -0.4 is 0 Å². The lowest BCUT2D eigenvalue weighted by molar-refractivity contribution is -0.142. The van der Waals surface area contributed by atoms with Crippen molar-refractivity contribution in [1.82, 2.24) is 0 Å². The van der Waals surface area contributed by atoms with Crippen LogP contribution in [0.5, 0.6) is 0 Å². The molecule has 3 heteroatoms. The fraction of sp³-hybridized carbons (Fsp3) is 0.588. The summed E-state index contributed by atoms with van der Waals surface area (Å²) in [6.45, 7) is 6.62. The van der Waals surface area contributed by atoms with E-state index in [-0.39, 0.29) is 16.6 Å². The van der Waals surface area contributed by atoms with Crippen molar-refractivity contribution in [3.8, 4) is 0 Å². The highest BCUT2D eigenvalue weighted by molar-refractivity contribution is 8.00. The van der Waals surface area contributed by atoms with Gasteiger partial charge in [0.1, 0.15) is 0 Å². The predicted octanol–water partition coefficient (Wildman–Crippen LogP) is 4.72. The van der Waals surface area contributed by atoms with E-state index in [2.05, 4.69) is 45.0 Å². The minimum absolute atomic E-state index is 0.164. The molecule has 0 aliphatic heterocycles. The van der Waals surface area contributed by atoms with Crippen molar-refractivity contribution in [1.29, 1.82) is 0 Å². The number of carbonyl (C=O) groups is 1. The van der Waals surface area contributed by atoms with Crippen molar-refractivity contribution < 1.29 is 9.90 Å². The molecule has 1 N–H and O–H groups in total. The zero-order valence-corrected chi connectivity index (χ0v) is 13.4. The standard InChI is InChI=1S/C17H24O2S/c1-17(2,3)12-8-10-13(11-9-12)20-15-7-5-4-6-14(15)16(18)19/h8-11,14-15H,4-7H2,1-3H3,(H,18,19). The molecule has 1 aromatic carbocycles. The zero-order chi connectivity index (χ0) is 14.8. The van der Waals surface area contributed by atoms with Gasteiger partial charge in [-0.05, 0) is 36.0 Å². The van der Waals surface area contributed by atoms with Crippen LogP contribution in [0.4, 0.5) is 0 Å². The molecule has 1 saturated carbocycles. The van der Waals surface area contributed by atoms with Crippen molar-refractivity contribution in [2.45, 2.75) is 62.0 Å². The Labute approximate surface area is 126 Å². The van der Waals surface area contributed by atoms with Crippen LogP contribution in [-0.2, 0) is 10.2 Å². The quantitative estimate of drug-likeness (QED) is 0.876. The lowest BCUT2D eigenvalue weighted by Gasteiger charge is -2.28. The van der Waals surface area contributed by atoms with Crippen LogP contribution >= 0.6 is 11.8 Å². The number of rotatable bonds is 3. The maximum Gasteiger partial charge on any atom is 0.307 e. The van der Waals surface area contributed by atoms with Crippen LogP contribution in [0.15, 0.2) is 29.2 Å². The molecule has 0 saturated heterocycles. The maximum atomic E-state index is 11.3. The molecule has 1 aliphatic carbocycles. The van der Waals surface area contributed by atoms with Crippen LogP contribution in [0, 0.1) is 5.92 Å². The Kier molecular flexibility index (Phi) is 4.79. The molecule has 1 aromatic rings. The first-order valence-electron chi connectivity index (χ1n) is 7.38. The zero-order valence-electron chi connectivity index (χ0n) is 12.6. The molecule has 2 rings (SSSR count). The van der Waals surface area contributed by atoms with Gasteiger partial charge in [-0.1, -0.05) is 45.7 Å². The van der Waals surface area contributed by atoms with E-state index < -0.39 is 5.97 Å². The Morgan fingerprint density at radius 3 is 2.30 bits per heavy atom. The first-order chi connectivity index (χ1) is 9.38. The van der Waals surface area contributed by atoms with Gasteiger partial charge in [0.25, 0.3) is 0 Å². The van der Waals surface area contributed by atoms with Crippen LogP contribution in [0.1, 0.15) is 52.0 Å². The third-order valence-electron chi connectivity index (χ3n) is 4.03. The molecule has 0 spiro atoms.